The summed E-state index contributed by atoms with van der Waals surface area (Å²) in [6.45, 7) is 0. The number of anilines is 1. The number of nitrogen functional groups attached to an aromatic ring is 1. The Morgan fingerprint density at radius 3 is 2.69 bits per heavy atom. The number of hydrogen-bond acceptors (Lipinski definition) is 6. The molecule has 2 aliphatic carbocycles. The van der Waals surface area contributed by atoms with E-state index in [4.69, 9.17) is 28.9 Å². The maximum Gasteiger partial charge on any atom is 0.170 e. The average Bonchev–Trinajstić information content (AvgIpc) is 3.18. The standard InChI is InChI=1S/C20H20Cl2N4O3/c21-13-2-1-10(7-14(13)22)15(27)19-5-3-11(19)8-20(29,18(19)28)26-6-4-12-16(23)24-9-25-17(12)26/h1-2,4,6-7,9,11,15,18,27-29H,3,5,8H2,(H2,23,24,25)/t11-,15?,18-,19-,20-/m1/s1. The van der Waals surface area contributed by atoms with Crippen LogP contribution < -0.4 is 5.73 Å². The fourth-order valence-electron chi connectivity index (χ4n) is 5.25. The molecule has 2 fully saturated rings. The molecular weight excluding hydrogens is 415 g/mol. The summed E-state index contributed by atoms with van der Waals surface area (Å²) < 4.78 is 1.55. The molecular formula is C20H20Cl2N4O3. The molecule has 5 atom stereocenters. The highest BCUT2D eigenvalue weighted by Gasteiger charge is 2.69. The van der Waals surface area contributed by atoms with Crippen LogP contribution in [0.3, 0.4) is 0 Å². The zero-order chi connectivity index (χ0) is 20.6. The minimum absolute atomic E-state index is 0.0661. The molecule has 152 valence electrons. The number of hydrogen-bond donors (Lipinski definition) is 4. The number of fused-ring (bicyclic) bond motifs is 2. The van der Waals surface area contributed by atoms with Crippen LogP contribution in [0.25, 0.3) is 11.0 Å². The minimum atomic E-state index is -1.62. The lowest BCUT2D eigenvalue weighted by Crippen LogP contribution is -2.53. The van der Waals surface area contributed by atoms with Gasteiger partial charge in [0, 0.05) is 18.0 Å². The second kappa shape index (κ2) is 6.30. The van der Waals surface area contributed by atoms with Gasteiger partial charge in [-0.05, 0) is 42.5 Å². The van der Waals surface area contributed by atoms with Gasteiger partial charge in [-0.2, -0.15) is 0 Å². The maximum absolute atomic E-state index is 11.6. The lowest BCUT2D eigenvalue weighted by atomic mass is 9.57. The van der Waals surface area contributed by atoms with Crippen LogP contribution >= 0.6 is 23.2 Å². The predicted molar refractivity (Wildman–Crippen MR) is 109 cm³/mol. The van der Waals surface area contributed by atoms with E-state index in [2.05, 4.69) is 9.97 Å². The first-order valence-electron chi connectivity index (χ1n) is 9.40. The van der Waals surface area contributed by atoms with Crippen LogP contribution in [-0.4, -0.2) is 36.0 Å². The Hall–Kier alpha value is -1.90. The smallest absolute Gasteiger partial charge is 0.170 e. The molecule has 1 aromatic carbocycles. The summed E-state index contributed by atoms with van der Waals surface area (Å²) in [5.41, 5.74) is 4.42. The Morgan fingerprint density at radius 1 is 1.21 bits per heavy atom. The van der Waals surface area contributed by atoms with Crippen molar-refractivity contribution in [2.24, 2.45) is 11.3 Å². The van der Waals surface area contributed by atoms with Gasteiger partial charge in [0.15, 0.2) is 5.72 Å². The molecule has 7 nitrogen and oxygen atoms in total. The van der Waals surface area contributed by atoms with Gasteiger partial charge in [-0.3, -0.25) is 0 Å². The molecule has 2 saturated carbocycles. The molecule has 5 rings (SSSR count). The van der Waals surface area contributed by atoms with Crippen molar-refractivity contribution in [2.75, 3.05) is 5.73 Å². The van der Waals surface area contributed by atoms with Crippen LogP contribution in [0.2, 0.25) is 10.0 Å². The van der Waals surface area contributed by atoms with E-state index < -0.39 is 23.3 Å². The van der Waals surface area contributed by atoms with Crippen molar-refractivity contribution in [2.45, 2.75) is 37.2 Å². The third-order valence-corrected chi connectivity index (χ3v) is 7.62. The van der Waals surface area contributed by atoms with Crippen molar-refractivity contribution in [3.05, 3.63) is 52.4 Å². The summed E-state index contributed by atoms with van der Waals surface area (Å²) in [5.74, 6) is 0.238. The lowest BCUT2D eigenvalue weighted by Gasteiger charge is -2.50. The number of halogens is 2. The first kappa shape index (κ1) is 19.1. The van der Waals surface area contributed by atoms with Gasteiger partial charge in [-0.15, -0.1) is 0 Å². The van der Waals surface area contributed by atoms with E-state index in [1.165, 1.54) is 6.33 Å². The molecule has 0 spiro atoms. The summed E-state index contributed by atoms with van der Waals surface area (Å²) in [5, 5.41) is 35.6. The number of rotatable bonds is 3. The molecule has 0 aliphatic heterocycles. The molecule has 0 bridgehead atoms. The highest BCUT2D eigenvalue weighted by Crippen LogP contribution is 2.67. The minimum Gasteiger partial charge on any atom is -0.388 e. The molecule has 1 unspecified atom stereocenters. The number of nitrogens with zero attached hydrogens (tertiary/aromatic N) is 3. The Kier molecular flexibility index (Phi) is 4.14. The molecule has 3 aromatic rings. The number of aliphatic hydroxyl groups is 3. The van der Waals surface area contributed by atoms with Gasteiger partial charge in [0.25, 0.3) is 0 Å². The molecule has 2 heterocycles. The van der Waals surface area contributed by atoms with Crippen LogP contribution in [0.5, 0.6) is 0 Å². The van der Waals surface area contributed by atoms with Gasteiger partial charge in [0.05, 0.1) is 21.5 Å². The van der Waals surface area contributed by atoms with Crippen LogP contribution in [-0.2, 0) is 5.72 Å². The third-order valence-electron chi connectivity index (χ3n) is 6.88. The number of benzene rings is 1. The first-order valence-corrected chi connectivity index (χ1v) is 10.2. The highest BCUT2D eigenvalue weighted by atomic mass is 35.5. The molecule has 2 aliphatic rings. The van der Waals surface area contributed by atoms with Gasteiger partial charge in [0.2, 0.25) is 0 Å². The van der Waals surface area contributed by atoms with E-state index in [1.807, 2.05) is 0 Å². The van der Waals surface area contributed by atoms with Crippen molar-refractivity contribution in [1.29, 1.82) is 0 Å². The second-order valence-corrected chi connectivity index (χ2v) is 8.91. The summed E-state index contributed by atoms with van der Waals surface area (Å²) in [6.07, 6.45) is 2.44. The molecule has 0 radical (unpaired) electrons. The van der Waals surface area contributed by atoms with Crippen LogP contribution in [0.1, 0.15) is 30.9 Å². The van der Waals surface area contributed by atoms with Gasteiger partial charge in [0.1, 0.15) is 23.9 Å². The lowest BCUT2D eigenvalue weighted by molar-refractivity contribution is -0.186. The van der Waals surface area contributed by atoms with E-state index in [1.54, 1.807) is 35.0 Å². The van der Waals surface area contributed by atoms with E-state index in [-0.39, 0.29) is 5.92 Å². The molecule has 0 saturated heterocycles. The van der Waals surface area contributed by atoms with Crippen molar-refractivity contribution in [1.82, 2.24) is 14.5 Å². The predicted octanol–water partition coefficient (Wildman–Crippen LogP) is 2.86. The van der Waals surface area contributed by atoms with Crippen LogP contribution in [0, 0.1) is 11.3 Å². The number of nitrogens with two attached hydrogens (primary N) is 1. The van der Waals surface area contributed by atoms with Crippen molar-refractivity contribution in [3.63, 3.8) is 0 Å². The van der Waals surface area contributed by atoms with Gasteiger partial charge in [-0.25, -0.2) is 9.97 Å². The van der Waals surface area contributed by atoms with Gasteiger partial charge < -0.3 is 25.6 Å². The number of aliphatic hydroxyl groups excluding tert-OH is 2. The zero-order valence-electron chi connectivity index (χ0n) is 15.3. The van der Waals surface area contributed by atoms with Crippen LogP contribution in [0.15, 0.2) is 36.8 Å². The normalized spacial score (nSPS) is 32.2. The molecule has 9 heteroatoms. The van der Waals surface area contributed by atoms with Crippen molar-refractivity contribution < 1.29 is 15.3 Å². The molecule has 0 amide bonds. The molecule has 5 N–H and O–H groups in total. The summed E-state index contributed by atoms with van der Waals surface area (Å²) >= 11 is 12.1. The van der Waals surface area contributed by atoms with E-state index >= 15 is 0 Å². The average molecular weight is 435 g/mol. The van der Waals surface area contributed by atoms with Crippen LogP contribution in [0.4, 0.5) is 5.82 Å². The Balaban J connectivity index is 1.58. The third kappa shape index (κ3) is 2.42. The maximum atomic E-state index is 11.6. The van der Waals surface area contributed by atoms with Crippen molar-refractivity contribution >= 4 is 40.1 Å². The summed E-state index contributed by atoms with van der Waals surface area (Å²) in [7, 11) is 0. The fraction of sp³-hybridized carbons (Fsp3) is 0.400. The Morgan fingerprint density at radius 2 is 2.00 bits per heavy atom. The van der Waals surface area contributed by atoms with E-state index in [0.717, 1.165) is 6.42 Å². The SMILES string of the molecule is Nc1ncnc2c1ccn2[C@@]1(O)C[C@H]2CC[C@@]2(C(O)c2ccc(Cl)c(Cl)c2)[C@H]1O. The Labute approximate surface area is 176 Å². The van der Waals surface area contributed by atoms with Gasteiger partial charge >= 0.3 is 0 Å². The number of aromatic nitrogens is 3. The Bertz CT molecular complexity index is 1120. The summed E-state index contributed by atoms with van der Waals surface area (Å²) in [4.78, 5) is 8.22. The largest absolute Gasteiger partial charge is 0.388 e. The first-order chi connectivity index (χ1) is 13.8. The second-order valence-electron chi connectivity index (χ2n) is 8.09. The zero-order valence-corrected chi connectivity index (χ0v) is 16.8. The van der Waals surface area contributed by atoms with E-state index in [0.29, 0.717) is 45.3 Å². The van der Waals surface area contributed by atoms with Crippen molar-refractivity contribution in [3.8, 4) is 0 Å². The molecule has 29 heavy (non-hydrogen) atoms. The fourth-order valence-corrected chi connectivity index (χ4v) is 5.56. The highest BCUT2D eigenvalue weighted by molar-refractivity contribution is 6.42. The molecule has 2 aromatic heterocycles. The quantitative estimate of drug-likeness (QED) is 0.503. The summed E-state index contributed by atoms with van der Waals surface area (Å²) in [6, 6.07) is 6.66. The van der Waals surface area contributed by atoms with E-state index in [9.17, 15) is 15.3 Å². The topological polar surface area (TPSA) is 117 Å². The monoisotopic (exact) mass is 434 g/mol. The van der Waals surface area contributed by atoms with Gasteiger partial charge in [-0.1, -0.05) is 29.3 Å².